The van der Waals surface area contributed by atoms with Gasteiger partial charge in [-0.25, -0.2) is 4.39 Å². The number of benzene rings is 1. The Kier molecular flexibility index (Phi) is 9.01. The second kappa shape index (κ2) is 10.8. The summed E-state index contributed by atoms with van der Waals surface area (Å²) < 4.78 is 12.8. The lowest BCUT2D eigenvalue weighted by molar-refractivity contribution is -0.141. The standard InChI is InChI=1S/C18H27FN2O3/c1-3-5-6-13(4-2)12-20-16(18(23)24)11-17(22)21-15-9-7-14(19)8-10-15/h7-10,13,16,20H,3-6,11-12H2,1-2H3,(H,21,22)(H,23,24). The molecule has 0 aliphatic heterocycles. The molecule has 6 heteroatoms. The van der Waals surface area contributed by atoms with E-state index in [9.17, 15) is 19.1 Å². The molecule has 0 bridgehead atoms. The van der Waals surface area contributed by atoms with Crippen molar-refractivity contribution in [1.82, 2.24) is 5.32 Å². The minimum atomic E-state index is -1.05. The Morgan fingerprint density at radius 1 is 1.21 bits per heavy atom. The fraction of sp³-hybridized carbons (Fsp3) is 0.556. The van der Waals surface area contributed by atoms with Crippen molar-refractivity contribution in [3.05, 3.63) is 30.1 Å². The highest BCUT2D eigenvalue weighted by Gasteiger charge is 2.22. The van der Waals surface area contributed by atoms with Crippen molar-refractivity contribution in [1.29, 1.82) is 0 Å². The summed E-state index contributed by atoms with van der Waals surface area (Å²) in [4.78, 5) is 23.3. The number of hydrogen-bond donors (Lipinski definition) is 3. The topological polar surface area (TPSA) is 78.4 Å². The third-order valence-corrected chi connectivity index (χ3v) is 4.01. The number of nitrogens with one attached hydrogen (secondary N) is 2. The molecule has 0 saturated heterocycles. The maximum atomic E-state index is 12.8. The van der Waals surface area contributed by atoms with E-state index in [4.69, 9.17) is 0 Å². The molecule has 0 radical (unpaired) electrons. The van der Waals surface area contributed by atoms with Crippen LogP contribution in [0.25, 0.3) is 0 Å². The Hall–Kier alpha value is -1.95. The zero-order chi connectivity index (χ0) is 17.9. The smallest absolute Gasteiger partial charge is 0.321 e. The van der Waals surface area contributed by atoms with E-state index in [1.165, 1.54) is 24.3 Å². The van der Waals surface area contributed by atoms with Crippen molar-refractivity contribution in [3.63, 3.8) is 0 Å². The van der Waals surface area contributed by atoms with E-state index in [0.29, 0.717) is 18.2 Å². The first kappa shape index (κ1) is 20.1. The fourth-order valence-corrected chi connectivity index (χ4v) is 2.43. The van der Waals surface area contributed by atoms with Crippen molar-refractivity contribution in [3.8, 4) is 0 Å². The molecular weight excluding hydrogens is 311 g/mol. The summed E-state index contributed by atoms with van der Waals surface area (Å²) in [5, 5.41) is 14.9. The van der Waals surface area contributed by atoms with Gasteiger partial charge < -0.3 is 15.7 Å². The van der Waals surface area contributed by atoms with Crippen LogP contribution in [0.2, 0.25) is 0 Å². The zero-order valence-corrected chi connectivity index (χ0v) is 14.3. The van der Waals surface area contributed by atoms with Gasteiger partial charge in [0.2, 0.25) is 5.91 Å². The van der Waals surface area contributed by atoms with Crippen LogP contribution in [0.4, 0.5) is 10.1 Å². The summed E-state index contributed by atoms with van der Waals surface area (Å²) >= 11 is 0. The maximum absolute atomic E-state index is 12.8. The minimum Gasteiger partial charge on any atom is -0.480 e. The van der Waals surface area contributed by atoms with Gasteiger partial charge in [-0.3, -0.25) is 9.59 Å². The molecule has 0 fully saturated rings. The highest BCUT2D eigenvalue weighted by molar-refractivity contribution is 5.94. The first-order chi connectivity index (χ1) is 11.5. The van der Waals surface area contributed by atoms with E-state index < -0.39 is 23.7 Å². The average Bonchev–Trinajstić information content (AvgIpc) is 2.55. The van der Waals surface area contributed by atoms with E-state index in [1.807, 2.05) is 0 Å². The number of rotatable bonds is 11. The molecule has 3 N–H and O–H groups in total. The minimum absolute atomic E-state index is 0.170. The highest BCUT2D eigenvalue weighted by Crippen LogP contribution is 2.12. The van der Waals surface area contributed by atoms with Gasteiger partial charge in [0.25, 0.3) is 0 Å². The monoisotopic (exact) mass is 338 g/mol. The lowest BCUT2D eigenvalue weighted by atomic mass is 9.99. The molecule has 0 aromatic heterocycles. The quantitative estimate of drug-likeness (QED) is 0.578. The van der Waals surface area contributed by atoms with Crippen molar-refractivity contribution in [2.45, 2.75) is 52.0 Å². The van der Waals surface area contributed by atoms with Gasteiger partial charge in [0.15, 0.2) is 0 Å². The number of amides is 1. The fourth-order valence-electron chi connectivity index (χ4n) is 2.43. The first-order valence-electron chi connectivity index (χ1n) is 8.47. The summed E-state index contributed by atoms with van der Waals surface area (Å²) in [6.45, 7) is 4.79. The molecule has 1 amide bonds. The third kappa shape index (κ3) is 7.55. The number of halogens is 1. The first-order valence-corrected chi connectivity index (χ1v) is 8.47. The Morgan fingerprint density at radius 3 is 2.42 bits per heavy atom. The van der Waals surface area contributed by atoms with E-state index in [2.05, 4.69) is 24.5 Å². The van der Waals surface area contributed by atoms with Crippen LogP contribution in [-0.4, -0.2) is 29.6 Å². The molecule has 0 aliphatic rings. The van der Waals surface area contributed by atoms with Crippen LogP contribution in [-0.2, 0) is 9.59 Å². The average molecular weight is 338 g/mol. The van der Waals surface area contributed by atoms with Gasteiger partial charge in [0, 0.05) is 5.69 Å². The Morgan fingerprint density at radius 2 is 1.88 bits per heavy atom. The number of carboxylic acid groups (broad SMARTS) is 1. The van der Waals surface area contributed by atoms with Gasteiger partial charge in [0.05, 0.1) is 6.42 Å². The molecule has 0 spiro atoms. The van der Waals surface area contributed by atoms with Gasteiger partial charge in [-0.2, -0.15) is 0 Å². The van der Waals surface area contributed by atoms with Crippen molar-refractivity contribution in [2.75, 3.05) is 11.9 Å². The zero-order valence-electron chi connectivity index (χ0n) is 14.3. The van der Waals surface area contributed by atoms with E-state index in [1.54, 1.807) is 0 Å². The molecule has 0 heterocycles. The lowest BCUT2D eigenvalue weighted by Crippen LogP contribution is -2.41. The second-order valence-electron chi connectivity index (χ2n) is 5.97. The number of hydrogen-bond acceptors (Lipinski definition) is 3. The number of anilines is 1. The van der Waals surface area contributed by atoms with Crippen molar-refractivity contribution in [2.24, 2.45) is 5.92 Å². The lowest BCUT2D eigenvalue weighted by Gasteiger charge is -2.19. The Bertz CT molecular complexity index is 520. The molecule has 2 unspecified atom stereocenters. The number of aliphatic carboxylic acids is 1. The molecule has 24 heavy (non-hydrogen) atoms. The normalized spacial score (nSPS) is 13.3. The number of carboxylic acids is 1. The van der Waals surface area contributed by atoms with Crippen LogP contribution in [0.1, 0.15) is 46.0 Å². The predicted octanol–water partition coefficient (Wildman–Crippen LogP) is 3.41. The van der Waals surface area contributed by atoms with Crippen LogP contribution in [0.5, 0.6) is 0 Å². The SMILES string of the molecule is CCCCC(CC)CNC(CC(=O)Nc1ccc(F)cc1)C(=O)O. The van der Waals surface area contributed by atoms with Gasteiger partial charge in [0.1, 0.15) is 11.9 Å². The van der Waals surface area contributed by atoms with Gasteiger partial charge >= 0.3 is 5.97 Å². The van der Waals surface area contributed by atoms with Gasteiger partial charge in [-0.15, -0.1) is 0 Å². The third-order valence-electron chi connectivity index (χ3n) is 4.01. The van der Waals surface area contributed by atoms with Crippen molar-refractivity contribution < 1.29 is 19.1 Å². The summed E-state index contributed by atoms with van der Waals surface area (Å²) in [5.74, 6) is -1.44. The summed E-state index contributed by atoms with van der Waals surface area (Å²) in [6.07, 6.45) is 4.08. The molecule has 134 valence electrons. The van der Waals surface area contributed by atoms with Gasteiger partial charge in [-0.05, 0) is 43.1 Å². The Balaban J connectivity index is 2.50. The second-order valence-corrected chi connectivity index (χ2v) is 5.97. The number of carbonyl (C=O) groups is 2. The summed E-state index contributed by atoms with van der Waals surface area (Å²) in [5.41, 5.74) is 0.444. The molecule has 1 aromatic rings. The van der Waals surface area contributed by atoms with Crippen molar-refractivity contribution >= 4 is 17.6 Å². The van der Waals surface area contributed by atoms with Crippen LogP contribution >= 0.6 is 0 Å². The summed E-state index contributed by atoms with van der Waals surface area (Å²) in [6, 6.07) is 4.42. The van der Waals surface area contributed by atoms with Crippen LogP contribution in [0, 0.1) is 11.7 Å². The summed E-state index contributed by atoms with van der Waals surface area (Å²) in [7, 11) is 0. The van der Waals surface area contributed by atoms with E-state index >= 15 is 0 Å². The molecule has 1 aromatic carbocycles. The predicted molar refractivity (Wildman–Crippen MR) is 92.4 cm³/mol. The van der Waals surface area contributed by atoms with Crippen LogP contribution in [0.15, 0.2) is 24.3 Å². The molecular formula is C18H27FN2O3. The highest BCUT2D eigenvalue weighted by atomic mass is 19.1. The molecule has 2 atom stereocenters. The molecule has 0 aliphatic carbocycles. The van der Waals surface area contributed by atoms with Gasteiger partial charge in [-0.1, -0.05) is 33.1 Å². The largest absolute Gasteiger partial charge is 0.480 e. The van der Waals surface area contributed by atoms with E-state index in [-0.39, 0.29) is 6.42 Å². The number of carbonyl (C=O) groups excluding carboxylic acids is 1. The maximum Gasteiger partial charge on any atom is 0.321 e. The van der Waals surface area contributed by atoms with E-state index in [0.717, 1.165) is 25.7 Å². The molecule has 5 nitrogen and oxygen atoms in total. The van der Waals surface area contributed by atoms with Crippen LogP contribution < -0.4 is 10.6 Å². The molecule has 1 rings (SSSR count). The van der Waals surface area contributed by atoms with Crippen LogP contribution in [0.3, 0.4) is 0 Å². The number of unbranched alkanes of at least 4 members (excludes halogenated alkanes) is 1. The molecule has 0 saturated carbocycles. The Labute approximate surface area is 142 Å².